The molecule has 0 bridgehead atoms. The molecular formula is C28H30O4. The number of ether oxygens (including phenoxy) is 2. The predicted molar refractivity (Wildman–Crippen MR) is 129 cm³/mol. The van der Waals surface area contributed by atoms with E-state index < -0.39 is 12.1 Å². The summed E-state index contributed by atoms with van der Waals surface area (Å²) < 4.78 is 11.3. The van der Waals surface area contributed by atoms with Crippen molar-refractivity contribution in [2.45, 2.75) is 32.8 Å². The number of benzene rings is 3. The van der Waals surface area contributed by atoms with E-state index in [1.54, 1.807) is 0 Å². The van der Waals surface area contributed by atoms with Crippen molar-refractivity contribution in [3.8, 4) is 16.9 Å². The molecule has 1 N–H and O–H groups in total. The Balaban J connectivity index is 1.53. The zero-order chi connectivity index (χ0) is 22.8. The highest BCUT2D eigenvalue weighted by atomic mass is 16.5. The van der Waals surface area contributed by atoms with E-state index in [4.69, 9.17) is 9.47 Å². The van der Waals surface area contributed by atoms with Gasteiger partial charge in [0, 0.05) is 13.0 Å². The van der Waals surface area contributed by atoms with E-state index >= 15 is 0 Å². The highest BCUT2D eigenvalue weighted by Gasteiger charge is 2.18. The molecule has 3 aromatic carbocycles. The molecule has 0 aliphatic heterocycles. The Morgan fingerprint density at radius 2 is 1.59 bits per heavy atom. The molecule has 4 nitrogen and oxygen atoms in total. The molecule has 0 radical (unpaired) electrons. The third-order valence-electron chi connectivity index (χ3n) is 5.23. The van der Waals surface area contributed by atoms with Gasteiger partial charge in [0.1, 0.15) is 12.4 Å². The zero-order valence-corrected chi connectivity index (χ0v) is 18.7. The standard InChI is InChI=1S/C28H30O4/c1-3-18-32-27(28(29)30)20-22-9-15-26(16-10-22)31-19-17-21(2)23-11-13-25(14-12-23)24-7-5-4-6-8-24/h4-17,27H,3,18-20H2,1-2H3,(H,29,30)/b21-17+. The highest BCUT2D eigenvalue weighted by Crippen LogP contribution is 2.22. The minimum absolute atomic E-state index is 0.341. The van der Waals surface area contributed by atoms with Gasteiger partial charge in [0.25, 0.3) is 0 Å². The first-order valence-corrected chi connectivity index (χ1v) is 11.0. The molecule has 4 heteroatoms. The normalized spacial score (nSPS) is 12.4. The van der Waals surface area contributed by atoms with Gasteiger partial charge in [0.15, 0.2) is 6.10 Å². The van der Waals surface area contributed by atoms with Gasteiger partial charge in [0.2, 0.25) is 0 Å². The Kier molecular flexibility index (Phi) is 8.64. The summed E-state index contributed by atoms with van der Waals surface area (Å²) in [6, 6.07) is 26.4. The van der Waals surface area contributed by atoms with Gasteiger partial charge < -0.3 is 14.6 Å². The van der Waals surface area contributed by atoms with Crippen LogP contribution in [0.2, 0.25) is 0 Å². The van der Waals surface area contributed by atoms with Gasteiger partial charge in [-0.2, -0.15) is 0 Å². The molecule has 1 unspecified atom stereocenters. The minimum Gasteiger partial charge on any atom is -0.490 e. The monoisotopic (exact) mass is 430 g/mol. The average Bonchev–Trinajstić information content (AvgIpc) is 2.83. The van der Waals surface area contributed by atoms with Crippen molar-refractivity contribution < 1.29 is 19.4 Å². The topological polar surface area (TPSA) is 55.8 Å². The lowest BCUT2D eigenvalue weighted by Crippen LogP contribution is -2.26. The molecule has 0 fully saturated rings. The first-order valence-electron chi connectivity index (χ1n) is 11.0. The van der Waals surface area contributed by atoms with Gasteiger partial charge in [-0.15, -0.1) is 0 Å². The summed E-state index contributed by atoms with van der Waals surface area (Å²) in [5.74, 6) is -0.185. The van der Waals surface area contributed by atoms with E-state index in [0.29, 0.717) is 19.6 Å². The number of hydrogen-bond donors (Lipinski definition) is 1. The quantitative estimate of drug-likeness (QED) is 0.390. The van der Waals surface area contributed by atoms with Crippen LogP contribution in [-0.2, 0) is 16.0 Å². The van der Waals surface area contributed by atoms with Crippen LogP contribution >= 0.6 is 0 Å². The number of rotatable bonds is 11. The summed E-state index contributed by atoms with van der Waals surface area (Å²) >= 11 is 0. The largest absolute Gasteiger partial charge is 0.490 e. The second kappa shape index (κ2) is 11.9. The smallest absolute Gasteiger partial charge is 0.333 e. The number of carboxylic acid groups (broad SMARTS) is 1. The summed E-state index contributed by atoms with van der Waals surface area (Å²) in [5.41, 5.74) is 5.63. The Labute approximate surface area is 190 Å². The summed E-state index contributed by atoms with van der Waals surface area (Å²) in [4.78, 5) is 11.3. The lowest BCUT2D eigenvalue weighted by atomic mass is 10.0. The summed E-state index contributed by atoms with van der Waals surface area (Å²) in [6.07, 6.45) is 2.37. The van der Waals surface area contributed by atoms with Gasteiger partial charge in [-0.25, -0.2) is 4.79 Å². The number of aliphatic carboxylic acids is 1. The van der Waals surface area contributed by atoms with Crippen LogP contribution in [-0.4, -0.2) is 30.4 Å². The van der Waals surface area contributed by atoms with E-state index in [1.807, 2.05) is 49.4 Å². The molecule has 0 heterocycles. The Bertz CT molecular complexity index is 1010. The Morgan fingerprint density at radius 3 is 2.22 bits per heavy atom. The lowest BCUT2D eigenvalue weighted by Gasteiger charge is -2.13. The van der Waals surface area contributed by atoms with Crippen LogP contribution in [0.25, 0.3) is 16.7 Å². The molecule has 3 rings (SSSR count). The van der Waals surface area contributed by atoms with E-state index in [2.05, 4.69) is 49.4 Å². The molecule has 166 valence electrons. The minimum atomic E-state index is -0.934. The number of carbonyl (C=O) groups is 1. The fourth-order valence-corrected chi connectivity index (χ4v) is 3.35. The molecule has 0 saturated carbocycles. The Hall–Kier alpha value is -3.37. The van der Waals surface area contributed by atoms with Crippen molar-refractivity contribution in [3.05, 3.63) is 96.1 Å². The third kappa shape index (κ3) is 6.82. The number of allylic oxidation sites excluding steroid dienone is 1. The number of carboxylic acids is 1. The van der Waals surface area contributed by atoms with Crippen molar-refractivity contribution in [3.63, 3.8) is 0 Å². The molecule has 0 amide bonds. The van der Waals surface area contributed by atoms with Crippen LogP contribution in [0.1, 0.15) is 31.4 Å². The molecule has 0 aliphatic carbocycles. The first-order chi connectivity index (χ1) is 15.6. The van der Waals surface area contributed by atoms with Crippen molar-refractivity contribution in [1.82, 2.24) is 0 Å². The molecule has 0 saturated heterocycles. The fourth-order valence-electron chi connectivity index (χ4n) is 3.35. The van der Waals surface area contributed by atoms with Crippen LogP contribution in [0.3, 0.4) is 0 Å². The lowest BCUT2D eigenvalue weighted by molar-refractivity contribution is -0.150. The predicted octanol–water partition coefficient (Wildman–Crippen LogP) is 6.26. The summed E-state index contributed by atoms with van der Waals surface area (Å²) in [6.45, 7) is 4.94. The van der Waals surface area contributed by atoms with Crippen LogP contribution < -0.4 is 4.74 Å². The van der Waals surface area contributed by atoms with Crippen LogP contribution in [0.5, 0.6) is 5.75 Å². The van der Waals surface area contributed by atoms with Gasteiger partial charge >= 0.3 is 5.97 Å². The maximum Gasteiger partial charge on any atom is 0.333 e. The van der Waals surface area contributed by atoms with Crippen molar-refractivity contribution in [1.29, 1.82) is 0 Å². The molecule has 1 atom stereocenters. The van der Waals surface area contributed by atoms with Crippen molar-refractivity contribution in [2.75, 3.05) is 13.2 Å². The molecule has 32 heavy (non-hydrogen) atoms. The van der Waals surface area contributed by atoms with E-state index in [9.17, 15) is 9.90 Å². The summed E-state index contributed by atoms with van der Waals surface area (Å²) in [7, 11) is 0. The maximum absolute atomic E-state index is 11.3. The van der Waals surface area contributed by atoms with Gasteiger partial charge in [-0.05, 0) is 59.4 Å². The highest BCUT2D eigenvalue weighted by molar-refractivity contribution is 5.72. The van der Waals surface area contributed by atoms with E-state index in [0.717, 1.165) is 28.9 Å². The zero-order valence-electron chi connectivity index (χ0n) is 18.7. The molecular weight excluding hydrogens is 400 g/mol. The first kappa shape index (κ1) is 23.3. The molecule has 0 aromatic heterocycles. The SMILES string of the molecule is CCCOC(Cc1ccc(OC/C=C(\C)c2ccc(-c3ccccc3)cc2)cc1)C(=O)O. The van der Waals surface area contributed by atoms with E-state index in [-0.39, 0.29) is 0 Å². The Morgan fingerprint density at radius 1 is 0.938 bits per heavy atom. The second-order valence-electron chi connectivity index (χ2n) is 7.69. The fraction of sp³-hybridized carbons (Fsp3) is 0.250. The van der Waals surface area contributed by atoms with E-state index in [1.165, 1.54) is 11.1 Å². The van der Waals surface area contributed by atoms with Crippen molar-refractivity contribution in [2.24, 2.45) is 0 Å². The summed E-state index contributed by atoms with van der Waals surface area (Å²) in [5, 5.41) is 9.29. The van der Waals surface area contributed by atoms with Gasteiger partial charge in [-0.3, -0.25) is 0 Å². The van der Waals surface area contributed by atoms with Gasteiger partial charge in [-0.1, -0.05) is 73.7 Å². The van der Waals surface area contributed by atoms with Crippen molar-refractivity contribution >= 4 is 11.5 Å². The molecule has 3 aromatic rings. The van der Waals surface area contributed by atoms with Crippen LogP contribution in [0.4, 0.5) is 0 Å². The van der Waals surface area contributed by atoms with Crippen LogP contribution in [0, 0.1) is 0 Å². The molecule has 0 spiro atoms. The number of hydrogen-bond acceptors (Lipinski definition) is 3. The molecule has 0 aliphatic rings. The maximum atomic E-state index is 11.3. The average molecular weight is 431 g/mol. The second-order valence-corrected chi connectivity index (χ2v) is 7.69. The third-order valence-corrected chi connectivity index (χ3v) is 5.23. The van der Waals surface area contributed by atoms with Crippen LogP contribution in [0.15, 0.2) is 84.9 Å². The van der Waals surface area contributed by atoms with Gasteiger partial charge in [0.05, 0.1) is 0 Å².